The molecule has 3 aromatic rings. The first-order valence-electron chi connectivity index (χ1n) is 12.6. The zero-order valence-corrected chi connectivity index (χ0v) is 22.7. The Hall–Kier alpha value is -3.82. The molecule has 1 atom stereocenters. The van der Waals surface area contributed by atoms with Gasteiger partial charge in [0.25, 0.3) is 0 Å². The Morgan fingerprint density at radius 2 is 1.95 bits per heavy atom. The second-order valence-electron chi connectivity index (χ2n) is 10.8. The van der Waals surface area contributed by atoms with Gasteiger partial charge in [0.1, 0.15) is 17.0 Å². The number of nitrogens with zero attached hydrogens (tertiary/aromatic N) is 3. The SMILES string of the molecule is Cc1ccc([C@@H](CC(=O)O)c2ccc(N(C)N)c(N)c2C)cc1CN1Cc2nc(O)ccc2OC(C)(C)C1. The highest BCUT2D eigenvalue weighted by Gasteiger charge is 2.30. The molecule has 9 heteroatoms. The van der Waals surface area contributed by atoms with E-state index >= 15 is 0 Å². The number of hydrazine groups is 1. The molecule has 202 valence electrons. The maximum atomic E-state index is 11.9. The second-order valence-corrected chi connectivity index (χ2v) is 10.8. The largest absolute Gasteiger partial charge is 0.493 e. The van der Waals surface area contributed by atoms with E-state index in [4.69, 9.17) is 16.3 Å². The molecule has 0 saturated carbocycles. The Kier molecular flexibility index (Phi) is 7.53. The van der Waals surface area contributed by atoms with Crippen LogP contribution in [0.4, 0.5) is 11.4 Å². The van der Waals surface area contributed by atoms with E-state index in [-0.39, 0.29) is 18.2 Å². The number of aliphatic carboxylic acids is 1. The number of carboxylic acid groups (broad SMARTS) is 1. The van der Waals surface area contributed by atoms with Crippen molar-refractivity contribution in [3.8, 4) is 11.6 Å². The van der Waals surface area contributed by atoms with Gasteiger partial charge in [0.05, 0.1) is 17.8 Å². The molecule has 2 heterocycles. The third-order valence-electron chi connectivity index (χ3n) is 7.12. The molecule has 1 aliphatic rings. The van der Waals surface area contributed by atoms with E-state index in [0.717, 1.165) is 27.8 Å². The van der Waals surface area contributed by atoms with E-state index in [0.29, 0.717) is 42.5 Å². The minimum Gasteiger partial charge on any atom is -0.493 e. The third kappa shape index (κ3) is 5.84. The predicted octanol–water partition coefficient (Wildman–Crippen LogP) is 4.08. The predicted molar refractivity (Wildman–Crippen MR) is 148 cm³/mol. The number of aromatic hydroxyl groups is 1. The van der Waals surface area contributed by atoms with Crippen LogP contribution >= 0.6 is 0 Å². The minimum absolute atomic E-state index is 0.0387. The number of rotatable bonds is 7. The molecule has 38 heavy (non-hydrogen) atoms. The van der Waals surface area contributed by atoms with Gasteiger partial charge >= 0.3 is 5.97 Å². The van der Waals surface area contributed by atoms with Crippen molar-refractivity contribution >= 4 is 17.3 Å². The first-order chi connectivity index (χ1) is 17.8. The standard InChI is InChI=1S/C29H37N5O4/c1-17-6-7-19(22(13-27(36)37)21-8-9-24(33(5)31)28(30)18(21)2)12-20(17)14-34-15-23-25(10-11-26(35)32-23)38-29(3,4)16-34/h6-12,22H,13-16,30-31H2,1-5H3,(H,32,35)(H,36,37)/t22-/m1/s1. The molecule has 0 radical (unpaired) electrons. The summed E-state index contributed by atoms with van der Waals surface area (Å²) < 4.78 is 6.21. The minimum atomic E-state index is -0.885. The van der Waals surface area contributed by atoms with Crippen molar-refractivity contribution in [1.29, 1.82) is 0 Å². The number of benzene rings is 2. The van der Waals surface area contributed by atoms with Crippen LogP contribution in [0.1, 0.15) is 59.7 Å². The first-order valence-corrected chi connectivity index (χ1v) is 12.6. The fourth-order valence-corrected chi connectivity index (χ4v) is 5.25. The van der Waals surface area contributed by atoms with Crippen LogP contribution in [0.5, 0.6) is 11.6 Å². The molecule has 4 rings (SSSR count). The summed E-state index contributed by atoms with van der Waals surface area (Å²) in [7, 11) is 1.72. The average molecular weight is 520 g/mol. The lowest BCUT2D eigenvalue weighted by molar-refractivity contribution is -0.137. The molecule has 0 bridgehead atoms. The summed E-state index contributed by atoms with van der Waals surface area (Å²) in [5.74, 6) is 5.29. The molecule has 0 saturated heterocycles. The Balaban J connectivity index is 1.71. The molecule has 9 nitrogen and oxygen atoms in total. The van der Waals surface area contributed by atoms with Crippen molar-refractivity contribution in [2.24, 2.45) is 5.84 Å². The van der Waals surface area contributed by atoms with Gasteiger partial charge < -0.3 is 25.7 Å². The van der Waals surface area contributed by atoms with Crippen LogP contribution in [0, 0.1) is 13.8 Å². The zero-order valence-electron chi connectivity index (χ0n) is 22.7. The molecule has 0 aliphatic carbocycles. The first kappa shape index (κ1) is 27.2. The summed E-state index contributed by atoms with van der Waals surface area (Å²) in [6.07, 6.45) is -0.0677. The van der Waals surface area contributed by atoms with Gasteiger partial charge in [0, 0.05) is 38.7 Å². The van der Waals surface area contributed by atoms with E-state index in [2.05, 4.69) is 22.9 Å². The number of aromatic nitrogens is 1. The molecule has 0 spiro atoms. The Labute approximate surface area is 223 Å². The maximum Gasteiger partial charge on any atom is 0.304 e. The van der Waals surface area contributed by atoms with E-state index in [1.54, 1.807) is 13.1 Å². The van der Waals surface area contributed by atoms with Crippen molar-refractivity contribution in [1.82, 2.24) is 9.88 Å². The van der Waals surface area contributed by atoms with Gasteiger partial charge in [-0.15, -0.1) is 0 Å². The molecule has 0 fully saturated rings. The molecular formula is C29H37N5O4. The summed E-state index contributed by atoms with van der Waals surface area (Å²) in [5, 5.41) is 21.2. The third-order valence-corrected chi connectivity index (χ3v) is 7.12. The smallest absolute Gasteiger partial charge is 0.304 e. The highest BCUT2D eigenvalue weighted by atomic mass is 16.5. The normalized spacial score (nSPS) is 15.7. The lowest BCUT2D eigenvalue weighted by atomic mass is 9.84. The lowest BCUT2D eigenvalue weighted by Crippen LogP contribution is -2.40. The van der Waals surface area contributed by atoms with Crippen molar-refractivity contribution in [3.05, 3.63) is 76.0 Å². The fraction of sp³-hybridized carbons (Fsp3) is 0.379. The van der Waals surface area contributed by atoms with Gasteiger partial charge in [-0.05, 0) is 67.6 Å². The number of hydrogen-bond donors (Lipinski definition) is 4. The Bertz CT molecular complexity index is 1360. The number of anilines is 2. The highest BCUT2D eigenvalue weighted by molar-refractivity contribution is 5.74. The van der Waals surface area contributed by atoms with Crippen LogP contribution in [-0.2, 0) is 17.9 Å². The average Bonchev–Trinajstić information content (AvgIpc) is 2.94. The Morgan fingerprint density at radius 1 is 1.21 bits per heavy atom. The highest BCUT2D eigenvalue weighted by Crippen LogP contribution is 2.37. The number of pyridine rings is 1. The molecule has 0 unspecified atom stereocenters. The number of ether oxygens (including phenoxy) is 1. The van der Waals surface area contributed by atoms with Gasteiger partial charge in [-0.1, -0.05) is 24.3 Å². The zero-order chi connectivity index (χ0) is 27.8. The van der Waals surface area contributed by atoms with E-state index in [1.807, 2.05) is 45.0 Å². The maximum absolute atomic E-state index is 11.9. The van der Waals surface area contributed by atoms with Crippen LogP contribution in [0.15, 0.2) is 42.5 Å². The number of carboxylic acids is 1. The number of carbonyl (C=O) groups is 1. The van der Waals surface area contributed by atoms with Crippen LogP contribution < -0.4 is 21.3 Å². The summed E-state index contributed by atoms with van der Waals surface area (Å²) in [6, 6.07) is 13.2. The number of aryl methyl sites for hydroxylation is 1. The number of fused-ring (bicyclic) bond motifs is 1. The number of nitrogens with two attached hydrogens (primary N) is 2. The van der Waals surface area contributed by atoms with Gasteiger partial charge in [0.15, 0.2) is 0 Å². The number of hydrogen-bond acceptors (Lipinski definition) is 8. The molecule has 1 aromatic heterocycles. The summed E-state index contributed by atoms with van der Waals surface area (Å²) in [5.41, 5.74) is 12.6. The van der Waals surface area contributed by atoms with Gasteiger partial charge in [0.2, 0.25) is 5.88 Å². The van der Waals surface area contributed by atoms with E-state index in [1.165, 1.54) is 11.1 Å². The van der Waals surface area contributed by atoms with Gasteiger partial charge in [-0.3, -0.25) is 9.69 Å². The fourth-order valence-electron chi connectivity index (χ4n) is 5.25. The summed E-state index contributed by atoms with van der Waals surface area (Å²) in [4.78, 5) is 18.5. The van der Waals surface area contributed by atoms with Crippen LogP contribution in [0.3, 0.4) is 0 Å². The van der Waals surface area contributed by atoms with Gasteiger partial charge in [-0.2, -0.15) is 0 Å². The lowest BCUT2D eigenvalue weighted by Gasteiger charge is -2.30. The summed E-state index contributed by atoms with van der Waals surface area (Å²) in [6.45, 7) is 9.79. The van der Waals surface area contributed by atoms with Crippen molar-refractivity contribution < 1.29 is 19.7 Å². The van der Waals surface area contributed by atoms with Crippen molar-refractivity contribution in [3.63, 3.8) is 0 Å². The molecule has 1 aliphatic heterocycles. The molecule has 0 amide bonds. The topological polar surface area (TPSA) is 138 Å². The molecular weight excluding hydrogens is 482 g/mol. The molecule has 6 N–H and O–H groups in total. The van der Waals surface area contributed by atoms with Crippen molar-refractivity contribution in [2.45, 2.75) is 58.7 Å². The molecule has 2 aromatic carbocycles. The Morgan fingerprint density at radius 3 is 2.63 bits per heavy atom. The summed E-state index contributed by atoms with van der Waals surface area (Å²) >= 11 is 0. The van der Waals surface area contributed by atoms with Crippen LogP contribution in [0.25, 0.3) is 0 Å². The van der Waals surface area contributed by atoms with E-state index in [9.17, 15) is 15.0 Å². The van der Waals surface area contributed by atoms with Crippen molar-refractivity contribution in [2.75, 3.05) is 24.3 Å². The second kappa shape index (κ2) is 10.5. The van der Waals surface area contributed by atoms with Crippen LogP contribution in [-0.4, -0.2) is 45.3 Å². The van der Waals surface area contributed by atoms with Crippen LogP contribution in [0.2, 0.25) is 0 Å². The van der Waals surface area contributed by atoms with Gasteiger partial charge in [-0.25, -0.2) is 10.8 Å². The quantitative estimate of drug-likeness (QED) is 0.207. The number of nitrogen functional groups attached to an aromatic ring is 1. The van der Waals surface area contributed by atoms with E-state index < -0.39 is 11.6 Å². The monoisotopic (exact) mass is 519 g/mol.